The molecular weight excluding hydrogens is 399 g/mol. The maximum Gasteiger partial charge on any atom is 0.230 e. The van der Waals surface area contributed by atoms with Crippen LogP contribution in [0.3, 0.4) is 0 Å². The summed E-state index contributed by atoms with van der Waals surface area (Å²) >= 11 is 0. The number of allylic oxidation sites excluding steroid dienone is 3. The van der Waals surface area contributed by atoms with Gasteiger partial charge in [0.05, 0.1) is 12.8 Å². The fourth-order valence-corrected chi connectivity index (χ4v) is 3.63. The van der Waals surface area contributed by atoms with Crippen LogP contribution in [0.4, 0.5) is 4.39 Å². The van der Waals surface area contributed by atoms with Gasteiger partial charge < -0.3 is 30.6 Å². The third-order valence-electron chi connectivity index (χ3n) is 5.51. The summed E-state index contributed by atoms with van der Waals surface area (Å²) < 4.78 is 25.0. The Morgan fingerprint density at radius 1 is 1.42 bits per heavy atom. The Balaban J connectivity index is 1.48. The summed E-state index contributed by atoms with van der Waals surface area (Å²) in [6.45, 7) is 0. The summed E-state index contributed by atoms with van der Waals surface area (Å²) in [5, 5.41) is 15.3. The molecule has 5 rings (SSSR count). The molecular formula is C22H21FN6O2. The number of fused-ring (bicyclic) bond motifs is 1. The van der Waals surface area contributed by atoms with Gasteiger partial charge in [-0.25, -0.2) is 4.39 Å². The Morgan fingerprint density at radius 2 is 2.26 bits per heavy atom. The minimum Gasteiger partial charge on any atom is -0.497 e. The first kappa shape index (κ1) is 19.1. The Bertz CT molecular complexity index is 1170. The highest BCUT2D eigenvalue weighted by atomic mass is 19.1. The zero-order valence-electron chi connectivity index (χ0n) is 16.8. The van der Waals surface area contributed by atoms with Crippen molar-refractivity contribution in [1.29, 1.82) is 5.41 Å². The van der Waals surface area contributed by atoms with Gasteiger partial charge in [-0.05, 0) is 31.1 Å². The molecule has 1 unspecified atom stereocenters. The predicted molar refractivity (Wildman–Crippen MR) is 113 cm³/mol. The molecule has 3 aliphatic rings. The van der Waals surface area contributed by atoms with Crippen LogP contribution in [-0.2, 0) is 0 Å². The van der Waals surface area contributed by atoms with E-state index in [0.29, 0.717) is 34.5 Å². The topological polar surface area (TPSA) is 113 Å². The molecule has 1 aliphatic carbocycles. The first-order chi connectivity index (χ1) is 15.1. The van der Waals surface area contributed by atoms with Gasteiger partial charge in [0.25, 0.3) is 0 Å². The van der Waals surface area contributed by atoms with Crippen molar-refractivity contribution in [2.24, 2.45) is 5.73 Å². The molecule has 31 heavy (non-hydrogen) atoms. The Hall–Kier alpha value is -3.88. The van der Waals surface area contributed by atoms with E-state index in [4.69, 9.17) is 20.4 Å². The van der Waals surface area contributed by atoms with Gasteiger partial charge >= 0.3 is 0 Å². The summed E-state index contributed by atoms with van der Waals surface area (Å²) in [7, 11) is 1.47. The second-order valence-electron chi connectivity index (χ2n) is 7.54. The van der Waals surface area contributed by atoms with Crippen LogP contribution in [0.2, 0.25) is 0 Å². The number of ether oxygens (including phenoxy) is 1. The van der Waals surface area contributed by atoms with E-state index in [1.807, 2.05) is 29.5 Å². The van der Waals surface area contributed by atoms with Crippen molar-refractivity contribution in [1.82, 2.24) is 20.4 Å². The van der Waals surface area contributed by atoms with Gasteiger partial charge in [0, 0.05) is 47.3 Å². The summed E-state index contributed by atoms with van der Waals surface area (Å²) in [6.07, 6.45) is 10.6. The van der Waals surface area contributed by atoms with Crippen LogP contribution in [0.25, 0.3) is 11.4 Å². The number of halogens is 1. The fraction of sp³-hybridized carbons (Fsp3) is 0.227. The van der Waals surface area contributed by atoms with Crippen molar-refractivity contribution < 1.29 is 13.7 Å². The van der Waals surface area contributed by atoms with Crippen LogP contribution >= 0.6 is 0 Å². The van der Waals surface area contributed by atoms with Crippen molar-refractivity contribution in [2.45, 2.75) is 24.9 Å². The van der Waals surface area contributed by atoms with Gasteiger partial charge in [-0.15, -0.1) is 0 Å². The molecule has 0 bridgehead atoms. The summed E-state index contributed by atoms with van der Waals surface area (Å²) in [6, 6.07) is 4.45. The Morgan fingerprint density at radius 3 is 2.97 bits per heavy atom. The number of hydrogen-bond donors (Lipinski definition) is 3. The van der Waals surface area contributed by atoms with Crippen molar-refractivity contribution in [3.8, 4) is 5.75 Å². The SMILES string of the molecule is COc1ccc(C(N)=C(C=N)C2=CN3C(c4noc(C5CC5)n4)=CNC3C=C2)c(F)c1. The van der Waals surface area contributed by atoms with Crippen molar-refractivity contribution in [3.63, 3.8) is 0 Å². The maximum absolute atomic E-state index is 14.6. The lowest BCUT2D eigenvalue weighted by atomic mass is 9.98. The summed E-state index contributed by atoms with van der Waals surface area (Å²) in [4.78, 5) is 6.46. The van der Waals surface area contributed by atoms with Crippen LogP contribution in [0.1, 0.15) is 36.0 Å². The molecule has 158 valence electrons. The Kier molecular flexibility index (Phi) is 4.58. The van der Waals surface area contributed by atoms with Crippen LogP contribution < -0.4 is 15.8 Å². The second kappa shape index (κ2) is 7.42. The average molecular weight is 420 g/mol. The standard InChI is InChI=1S/C22H21FN6O2/c1-30-14-5-6-15(17(23)8-14)20(25)16(9-24)13-4-7-19-26-10-18(29(19)11-13)21-27-22(31-28-21)12-2-3-12/h4-12,19,24,26H,2-3,25H2,1H3. The van der Waals surface area contributed by atoms with Gasteiger partial charge in [0.2, 0.25) is 11.7 Å². The minimum atomic E-state index is -0.516. The average Bonchev–Trinajstić information content (AvgIpc) is 3.36. The number of nitrogens with one attached hydrogen (secondary N) is 2. The molecule has 4 N–H and O–H groups in total. The highest BCUT2D eigenvalue weighted by Crippen LogP contribution is 2.40. The largest absolute Gasteiger partial charge is 0.497 e. The molecule has 1 saturated carbocycles. The van der Waals surface area contributed by atoms with E-state index in [1.165, 1.54) is 13.2 Å². The normalized spacial score (nSPS) is 20.5. The quantitative estimate of drug-likeness (QED) is 0.616. The molecule has 9 heteroatoms. The highest BCUT2D eigenvalue weighted by Gasteiger charge is 2.33. The first-order valence-corrected chi connectivity index (χ1v) is 9.92. The van der Waals surface area contributed by atoms with E-state index >= 15 is 0 Å². The number of rotatable bonds is 6. The van der Waals surface area contributed by atoms with E-state index in [2.05, 4.69) is 15.5 Å². The minimum absolute atomic E-state index is 0.118. The Labute approximate surface area is 178 Å². The summed E-state index contributed by atoms with van der Waals surface area (Å²) in [5.74, 6) is 1.41. The van der Waals surface area contributed by atoms with E-state index in [-0.39, 0.29) is 17.4 Å². The van der Waals surface area contributed by atoms with Crippen molar-refractivity contribution >= 4 is 17.6 Å². The monoisotopic (exact) mass is 420 g/mol. The summed E-state index contributed by atoms with van der Waals surface area (Å²) in [5.41, 5.74) is 8.47. The first-order valence-electron chi connectivity index (χ1n) is 9.92. The predicted octanol–water partition coefficient (Wildman–Crippen LogP) is 3.10. The smallest absolute Gasteiger partial charge is 0.230 e. The molecule has 1 fully saturated rings. The van der Waals surface area contributed by atoms with E-state index in [9.17, 15) is 4.39 Å². The third-order valence-corrected chi connectivity index (χ3v) is 5.51. The van der Waals surface area contributed by atoms with Crippen LogP contribution in [0, 0.1) is 11.2 Å². The zero-order chi connectivity index (χ0) is 21.5. The lowest BCUT2D eigenvalue weighted by molar-refractivity contribution is 0.374. The number of aromatic nitrogens is 2. The third kappa shape index (κ3) is 3.37. The van der Waals surface area contributed by atoms with Crippen LogP contribution in [0.15, 0.2) is 58.4 Å². The van der Waals surface area contributed by atoms with E-state index in [1.54, 1.807) is 12.1 Å². The molecule has 1 aromatic heterocycles. The number of hydrogen-bond acceptors (Lipinski definition) is 8. The fourth-order valence-electron chi connectivity index (χ4n) is 3.63. The van der Waals surface area contributed by atoms with Gasteiger partial charge in [-0.3, -0.25) is 0 Å². The van der Waals surface area contributed by atoms with Gasteiger partial charge in [0.1, 0.15) is 23.4 Å². The zero-order valence-corrected chi connectivity index (χ0v) is 16.8. The molecule has 0 spiro atoms. The number of methoxy groups -OCH3 is 1. The van der Waals surface area contributed by atoms with Crippen molar-refractivity contribution in [3.05, 3.63) is 77.0 Å². The number of nitrogens with zero attached hydrogens (tertiary/aromatic N) is 3. The van der Waals surface area contributed by atoms with E-state index < -0.39 is 5.82 Å². The number of nitrogens with two attached hydrogens (primary N) is 1. The molecule has 1 aromatic carbocycles. The molecule has 0 saturated heterocycles. The lowest BCUT2D eigenvalue weighted by Gasteiger charge is -2.27. The van der Waals surface area contributed by atoms with Crippen LogP contribution in [0.5, 0.6) is 5.75 Å². The molecule has 0 radical (unpaired) electrons. The maximum atomic E-state index is 14.6. The molecule has 2 aromatic rings. The molecule has 2 aliphatic heterocycles. The molecule has 1 atom stereocenters. The molecule has 0 amide bonds. The molecule has 8 nitrogen and oxygen atoms in total. The second-order valence-corrected chi connectivity index (χ2v) is 7.54. The van der Waals surface area contributed by atoms with E-state index in [0.717, 1.165) is 24.8 Å². The highest BCUT2D eigenvalue weighted by molar-refractivity contribution is 5.95. The van der Waals surface area contributed by atoms with Gasteiger partial charge in [0.15, 0.2) is 0 Å². The van der Waals surface area contributed by atoms with Crippen LogP contribution in [-0.4, -0.2) is 34.5 Å². The van der Waals surface area contributed by atoms with Gasteiger partial charge in [-0.2, -0.15) is 4.98 Å². The van der Waals surface area contributed by atoms with Crippen molar-refractivity contribution in [2.75, 3.05) is 7.11 Å². The molecule has 3 heterocycles. The number of benzene rings is 1. The van der Waals surface area contributed by atoms with Gasteiger partial charge in [-0.1, -0.05) is 11.2 Å². The lowest BCUT2D eigenvalue weighted by Crippen LogP contribution is -2.33.